The fourth-order valence-electron chi connectivity index (χ4n) is 5.06. The zero-order valence-corrected chi connectivity index (χ0v) is 28.3. The lowest BCUT2D eigenvalue weighted by molar-refractivity contribution is -0.140. The van der Waals surface area contributed by atoms with E-state index in [1.807, 2.05) is 6.07 Å². The van der Waals surface area contributed by atoms with Crippen LogP contribution in [-0.2, 0) is 32.6 Å². The Morgan fingerprint density at radius 1 is 0.833 bits per heavy atom. The summed E-state index contributed by atoms with van der Waals surface area (Å²) in [4.78, 5) is 29.4. The van der Waals surface area contributed by atoms with Gasteiger partial charge >= 0.3 is 0 Å². The van der Waals surface area contributed by atoms with E-state index in [0.29, 0.717) is 0 Å². The molecule has 0 fully saturated rings. The number of nitrogens with one attached hydrogen (secondary N) is 1. The van der Waals surface area contributed by atoms with Gasteiger partial charge in [0.25, 0.3) is 10.0 Å². The first-order valence-electron chi connectivity index (χ1n) is 15.1. The summed E-state index contributed by atoms with van der Waals surface area (Å²) in [6.45, 7) is 4.23. The van der Waals surface area contributed by atoms with Gasteiger partial charge in [-0.25, -0.2) is 17.2 Å². The molecule has 48 heavy (non-hydrogen) atoms. The number of hydrogen-bond acceptors (Lipinski definition) is 6. The minimum atomic E-state index is -4.51. The van der Waals surface area contributed by atoms with E-state index in [1.54, 1.807) is 51.1 Å². The number of hydrogen-bond donors (Lipinski definition) is 1. The van der Waals surface area contributed by atoms with E-state index < -0.39 is 51.6 Å². The molecule has 254 valence electrons. The molecular weight excluding hydrogens is 640 g/mol. The topological polar surface area (TPSA) is 105 Å². The highest BCUT2D eigenvalue weighted by atomic mass is 32.2. The Balaban J connectivity index is 1.85. The molecule has 0 aromatic heterocycles. The van der Waals surface area contributed by atoms with Crippen molar-refractivity contribution in [3.8, 4) is 11.5 Å². The van der Waals surface area contributed by atoms with Crippen molar-refractivity contribution in [2.45, 2.75) is 50.2 Å². The maximum atomic E-state index is 15.1. The van der Waals surface area contributed by atoms with Gasteiger partial charge in [0.05, 0.1) is 24.8 Å². The highest BCUT2D eigenvalue weighted by Gasteiger charge is 2.36. The maximum absolute atomic E-state index is 15.1. The summed E-state index contributed by atoms with van der Waals surface area (Å²) in [5.74, 6) is -2.10. The second-order valence-electron chi connectivity index (χ2n) is 12.1. The van der Waals surface area contributed by atoms with Gasteiger partial charge in [-0.2, -0.15) is 0 Å². The highest BCUT2D eigenvalue weighted by Crippen LogP contribution is 2.32. The molecule has 4 aromatic carbocycles. The van der Waals surface area contributed by atoms with Crippen molar-refractivity contribution in [1.29, 1.82) is 0 Å². The van der Waals surface area contributed by atoms with Crippen molar-refractivity contribution in [2.24, 2.45) is 0 Å². The molecular formula is C36H39F2N3O6S. The SMILES string of the molecule is COc1ccc(S(=O)(=O)N(CC(=O)N(Cc2ccccc2F)C(Cc2ccccc2)C(=O)NC(C)(C)C)c2ccc(F)cc2)cc1OC. The smallest absolute Gasteiger partial charge is 0.264 e. The van der Waals surface area contributed by atoms with Gasteiger partial charge in [0, 0.05) is 30.1 Å². The van der Waals surface area contributed by atoms with Crippen molar-refractivity contribution in [2.75, 3.05) is 25.1 Å². The molecule has 4 rings (SSSR count). The molecule has 0 spiro atoms. The zero-order valence-electron chi connectivity index (χ0n) is 27.4. The lowest BCUT2D eigenvalue weighted by atomic mass is 10.0. The molecule has 0 heterocycles. The van der Waals surface area contributed by atoms with Crippen LogP contribution in [0, 0.1) is 11.6 Å². The van der Waals surface area contributed by atoms with Gasteiger partial charge in [-0.3, -0.25) is 13.9 Å². The minimum absolute atomic E-state index is 0.0101. The van der Waals surface area contributed by atoms with Crippen LogP contribution in [0.3, 0.4) is 0 Å². The van der Waals surface area contributed by atoms with E-state index >= 15 is 4.39 Å². The Labute approximate surface area is 280 Å². The summed E-state index contributed by atoms with van der Waals surface area (Å²) < 4.78 is 69.0. The molecule has 2 amide bonds. The number of carbonyl (C=O) groups excluding carboxylic acids is 2. The number of methoxy groups -OCH3 is 2. The van der Waals surface area contributed by atoms with Gasteiger partial charge in [0.15, 0.2) is 11.5 Å². The predicted molar refractivity (Wildman–Crippen MR) is 179 cm³/mol. The lowest BCUT2D eigenvalue weighted by Crippen LogP contribution is -2.56. The Morgan fingerprint density at radius 2 is 1.46 bits per heavy atom. The number of anilines is 1. The van der Waals surface area contributed by atoms with Crippen LogP contribution in [0.5, 0.6) is 11.5 Å². The number of nitrogens with zero attached hydrogens (tertiary/aromatic N) is 2. The van der Waals surface area contributed by atoms with E-state index in [0.717, 1.165) is 22.0 Å². The third kappa shape index (κ3) is 8.88. The number of sulfonamides is 1. The summed E-state index contributed by atoms with van der Waals surface area (Å²) >= 11 is 0. The van der Waals surface area contributed by atoms with Crippen LogP contribution in [0.25, 0.3) is 0 Å². The minimum Gasteiger partial charge on any atom is -0.493 e. The fourth-order valence-corrected chi connectivity index (χ4v) is 6.49. The molecule has 1 atom stereocenters. The van der Waals surface area contributed by atoms with Gasteiger partial charge in [-0.1, -0.05) is 48.5 Å². The van der Waals surface area contributed by atoms with E-state index in [9.17, 15) is 22.4 Å². The van der Waals surface area contributed by atoms with Crippen LogP contribution >= 0.6 is 0 Å². The summed E-state index contributed by atoms with van der Waals surface area (Å²) in [7, 11) is -1.76. The number of amides is 2. The first-order chi connectivity index (χ1) is 22.7. The van der Waals surface area contributed by atoms with Gasteiger partial charge < -0.3 is 19.7 Å². The van der Waals surface area contributed by atoms with Crippen molar-refractivity contribution in [3.63, 3.8) is 0 Å². The Morgan fingerprint density at radius 3 is 2.06 bits per heavy atom. The molecule has 1 N–H and O–H groups in total. The number of benzene rings is 4. The standard InChI is InChI=1S/C36H39F2N3O6S/c1-36(2,3)39-35(43)31(21-25-11-7-6-8-12-25)40(23-26-13-9-10-14-30(26)38)34(42)24-41(28-17-15-27(37)16-18-28)48(44,45)29-19-20-32(46-4)33(22-29)47-5/h6-20,22,31H,21,23-24H2,1-5H3,(H,39,43). The second kappa shape index (κ2) is 15.3. The van der Waals surface area contributed by atoms with Crippen LogP contribution < -0.4 is 19.1 Å². The number of ether oxygens (including phenoxy) is 2. The predicted octanol–water partition coefficient (Wildman–Crippen LogP) is 5.73. The van der Waals surface area contributed by atoms with E-state index in [2.05, 4.69) is 5.32 Å². The summed E-state index contributed by atoms with van der Waals surface area (Å²) in [5, 5.41) is 2.92. The molecule has 0 bridgehead atoms. The summed E-state index contributed by atoms with van der Waals surface area (Å²) in [6, 6.07) is 22.3. The number of carbonyl (C=O) groups is 2. The van der Waals surface area contributed by atoms with E-state index in [4.69, 9.17) is 9.47 Å². The van der Waals surface area contributed by atoms with E-state index in [1.165, 1.54) is 67.7 Å². The van der Waals surface area contributed by atoms with Gasteiger partial charge in [0.2, 0.25) is 11.8 Å². The number of rotatable bonds is 13. The average Bonchev–Trinajstić information content (AvgIpc) is 3.05. The molecule has 12 heteroatoms. The second-order valence-corrected chi connectivity index (χ2v) is 13.9. The van der Waals surface area contributed by atoms with Crippen molar-refractivity contribution in [1.82, 2.24) is 10.2 Å². The molecule has 0 aliphatic heterocycles. The van der Waals surface area contributed by atoms with Gasteiger partial charge in [0.1, 0.15) is 24.2 Å². The van der Waals surface area contributed by atoms with Crippen LogP contribution in [0.1, 0.15) is 31.9 Å². The Hall–Kier alpha value is -4.97. The first kappa shape index (κ1) is 35.9. The largest absolute Gasteiger partial charge is 0.493 e. The zero-order chi connectivity index (χ0) is 35.1. The van der Waals surface area contributed by atoms with Gasteiger partial charge in [-0.15, -0.1) is 0 Å². The van der Waals surface area contributed by atoms with Crippen molar-refractivity contribution >= 4 is 27.5 Å². The third-order valence-electron chi connectivity index (χ3n) is 7.40. The van der Waals surface area contributed by atoms with Crippen LogP contribution in [-0.4, -0.2) is 57.5 Å². The molecule has 0 saturated heterocycles. The first-order valence-corrected chi connectivity index (χ1v) is 16.6. The molecule has 0 aliphatic rings. The number of halogens is 2. The van der Waals surface area contributed by atoms with Crippen LogP contribution in [0.2, 0.25) is 0 Å². The van der Waals surface area contributed by atoms with Crippen LogP contribution in [0.4, 0.5) is 14.5 Å². The summed E-state index contributed by atoms with van der Waals surface area (Å²) in [5.41, 5.74) is 0.161. The monoisotopic (exact) mass is 679 g/mol. The molecule has 0 radical (unpaired) electrons. The average molecular weight is 680 g/mol. The van der Waals surface area contributed by atoms with Crippen molar-refractivity contribution in [3.05, 3.63) is 120 Å². The molecule has 0 saturated carbocycles. The van der Waals surface area contributed by atoms with Crippen molar-refractivity contribution < 1.29 is 36.3 Å². The summed E-state index contributed by atoms with van der Waals surface area (Å²) in [6.07, 6.45) is 0.0575. The fraction of sp³-hybridized carbons (Fsp3) is 0.278. The maximum Gasteiger partial charge on any atom is 0.264 e. The van der Waals surface area contributed by atoms with Crippen LogP contribution in [0.15, 0.2) is 102 Å². The quantitative estimate of drug-likeness (QED) is 0.194. The van der Waals surface area contributed by atoms with E-state index in [-0.39, 0.29) is 40.6 Å². The highest BCUT2D eigenvalue weighted by molar-refractivity contribution is 7.92. The lowest BCUT2D eigenvalue weighted by Gasteiger charge is -2.35. The molecule has 4 aromatic rings. The molecule has 0 aliphatic carbocycles. The normalized spacial score (nSPS) is 12.1. The van der Waals surface area contributed by atoms with Gasteiger partial charge in [-0.05, 0) is 68.8 Å². The third-order valence-corrected chi connectivity index (χ3v) is 9.17. The molecule has 1 unspecified atom stereocenters. The Bertz CT molecular complexity index is 1830. The Kier molecular flexibility index (Phi) is 11.4. The molecule has 9 nitrogen and oxygen atoms in total.